The molecule has 0 aliphatic carbocycles. The van der Waals surface area contributed by atoms with Gasteiger partial charge in [0.25, 0.3) is 5.91 Å². The summed E-state index contributed by atoms with van der Waals surface area (Å²) in [6.45, 7) is 3.90. The standard InChI is InChI=1S/C28H23NO6/c1-4-34-28(32)18-6-10-19(11-7-18)29-24(17-8-12-20(33-3)13-9-17)23-25(30)21-15-16(2)5-14-22(21)35-26(23)27(29)31/h5-15,24H,4H2,1-3H3. The van der Waals surface area contributed by atoms with Gasteiger partial charge >= 0.3 is 5.97 Å². The number of nitrogens with zero attached hydrogens (tertiary/aromatic N) is 1. The summed E-state index contributed by atoms with van der Waals surface area (Å²) in [6, 6.07) is 18.4. The maximum Gasteiger partial charge on any atom is 0.338 e. The van der Waals surface area contributed by atoms with Crippen molar-refractivity contribution in [2.45, 2.75) is 19.9 Å². The Morgan fingerprint density at radius 1 is 1.00 bits per heavy atom. The first-order chi connectivity index (χ1) is 16.9. The van der Waals surface area contributed by atoms with Crippen molar-refractivity contribution in [2.24, 2.45) is 0 Å². The number of carbonyl (C=O) groups excluding carboxylic acids is 2. The quantitative estimate of drug-likeness (QED) is 0.381. The van der Waals surface area contributed by atoms with E-state index in [1.165, 1.54) is 4.90 Å². The van der Waals surface area contributed by atoms with Crippen LogP contribution in [0.1, 0.15) is 50.6 Å². The lowest BCUT2D eigenvalue weighted by molar-refractivity contribution is 0.0526. The fraction of sp³-hybridized carbons (Fsp3) is 0.179. The van der Waals surface area contributed by atoms with Gasteiger partial charge in [0, 0.05) is 5.69 Å². The number of amides is 1. The molecule has 35 heavy (non-hydrogen) atoms. The molecule has 0 N–H and O–H groups in total. The Morgan fingerprint density at radius 2 is 1.71 bits per heavy atom. The van der Waals surface area contributed by atoms with E-state index in [4.69, 9.17) is 13.9 Å². The first kappa shape index (κ1) is 22.4. The molecular formula is C28H23NO6. The minimum absolute atomic E-state index is 0.0154. The maximum atomic E-state index is 13.7. The summed E-state index contributed by atoms with van der Waals surface area (Å²) in [7, 11) is 1.57. The Hall–Kier alpha value is -4.39. The number of carbonyl (C=O) groups is 2. The van der Waals surface area contributed by atoms with Gasteiger partial charge in [0.2, 0.25) is 5.76 Å². The highest BCUT2D eigenvalue weighted by Crippen LogP contribution is 2.41. The van der Waals surface area contributed by atoms with E-state index in [2.05, 4.69) is 0 Å². The normalized spacial score (nSPS) is 14.8. The lowest BCUT2D eigenvalue weighted by atomic mass is 9.97. The van der Waals surface area contributed by atoms with E-state index in [1.807, 2.05) is 25.1 Å². The summed E-state index contributed by atoms with van der Waals surface area (Å²) in [5.41, 5.74) is 2.94. The van der Waals surface area contributed by atoms with Gasteiger partial charge in [-0.25, -0.2) is 4.79 Å². The van der Waals surface area contributed by atoms with Crippen LogP contribution in [0.2, 0.25) is 0 Å². The summed E-state index contributed by atoms with van der Waals surface area (Å²) in [5.74, 6) is -0.198. The van der Waals surface area contributed by atoms with Crippen LogP contribution in [0, 0.1) is 6.92 Å². The van der Waals surface area contributed by atoms with E-state index in [-0.39, 0.29) is 23.4 Å². The smallest absolute Gasteiger partial charge is 0.338 e. The van der Waals surface area contributed by atoms with Crippen LogP contribution in [0.5, 0.6) is 5.75 Å². The van der Waals surface area contributed by atoms with Crippen LogP contribution in [0.15, 0.2) is 75.9 Å². The second kappa shape index (κ2) is 8.76. The van der Waals surface area contributed by atoms with Crippen molar-refractivity contribution in [1.82, 2.24) is 0 Å². The van der Waals surface area contributed by atoms with Gasteiger partial charge in [-0.3, -0.25) is 14.5 Å². The molecule has 4 aromatic rings. The van der Waals surface area contributed by atoms with E-state index in [9.17, 15) is 14.4 Å². The third-order valence-electron chi connectivity index (χ3n) is 6.11. The molecule has 1 amide bonds. The van der Waals surface area contributed by atoms with Crippen molar-refractivity contribution in [3.8, 4) is 5.75 Å². The molecule has 0 saturated heterocycles. The monoisotopic (exact) mass is 469 g/mol. The molecule has 3 aromatic carbocycles. The number of hydrogen-bond acceptors (Lipinski definition) is 6. The topological polar surface area (TPSA) is 86.0 Å². The molecule has 0 saturated carbocycles. The summed E-state index contributed by atoms with van der Waals surface area (Å²) < 4.78 is 16.3. The highest BCUT2D eigenvalue weighted by atomic mass is 16.5. The average molecular weight is 469 g/mol. The average Bonchev–Trinajstić information content (AvgIpc) is 3.17. The van der Waals surface area contributed by atoms with Gasteiger partial charge in [-0.1, -0.05) is 23.8 Å². The number of esters is 1. The first-order valence-corrected chi connectivity index (χ1v) is 11.2. The van der Waals surface area contributed by atoms with E-state index < -0.39 is 17.9 Å². The molecule has 176 valence electrons. The highest BCUT2D eigenvalue weighted by molar-refractivity contribution is 6.10. The molecule has 1 aliphatic heterocycles. The highest BCUT2D eigenvalue weighted by Gasteiger charge is 2.43. The van der Waals surface area contributed by atoms with Gasteiger partial charge in [-0.2, -0.15) is 0 Å². The van der Waals surface area contributed by atoms with Crippen LogP contribution in [0.25, 0.3) is 11.0 Å². The zero-order valence-corrected chi connectivity index (χ0v) is 19.5. The van der Waals surface area contributed by atoms with E-state index >= 15 is 0 Å². The molecule has 2 heterocycles. The minimum atomic E-state index is -0.710. The van der Waals surface area contributed by atoms with Crippen molar-refractivity contribution in [2.75, 3.05) is 18.6 Å². The lowest BCUT2D eigenvalue weighted by Crippen LogP contribution is -2.29. The number of rotatable bonds is 5. The summed E-state index contributed by atoms with van der Waals surface area (Å²) in [5, 5.41) is 0.426. The second-order valence-corrected chi connectivity index (χ2v) is 8.29. The number of fused-ring (bicyclic) bond motifs is 2. The largest absolute Gasteiger partial charge is 0.497 e. The molecule has 0 radical (unpaired) electrons. The summed E-state index contributed by atoms with van der Waals surface area (Å²) in [4.78, 5) is 41.0. The van der Waals surface area contributed by atoms with Crippen molar-refractivity contribution in [1.29, 1.82) is 0 Å². The maximum absolute atomic E-state index is 13.7. The van der Waals surface area contributed by atoms with Gasteiger partial charge in [0.15, 0.2) is 5.43 Å². The molecule has 0 fully saturated rings. The van der Waals surface area contributed by atoms with Crippen molar-refractivity contribution in [3.63, 3.8) is 0 Å². The van der Waals surface area contributed by atoms with E-state index in [1.54, 1.807) is 62.6 Å². The van der Waals surface area contributed by atoms with Gasteiger partial charge < -0.3 is 13.9 Å². The van der Waals surface area contributed by atoms with Gasteiger partial charge in [-0.05, 0) is 67.9 Å². The van der Waals surface area contributed by atoms with Crippen LogP contribution in [0.3, 0.4) is 0 Å². The zero-order chi connectivity index (χ0) is 24.7. The SMILES string of the molecule is CCOC(=O)c1ccc(N2C(=O)c3oc4ccc(C)cc4c(=O)c3C2c2ccc(OC)cc2)cc1. The molecule has 0 spiro atoms. The molecule has 0 bridgehead atoms. The summed E-state index contributed by atoms with van der Waals surface area (Å²) in [6.07, 6.45) is 0. The van der Waals surface area contributed by atoms with Crippen LogP contribution >= 0.6 is 0 Å². The second-order valence-electron chi connectivity index (χ2n) is 8.29. The Balaban J connectivity index is 1.70. The van der Waals surface area contributed by atoms with Crippen molar-refractivity contribution < 1.29 is 23.5 Å². The van der Waals surface area contributed by atoms with E-state index in [0.29, 0.717) is 28.0 Å². The Morgan fingerprint density at radius 3 is 2.37 bits per heavy atom. The summed E-state index contributed by atoms with van der Waals surface area (Å²) >= 11 is 0. The van der Waals surface area contributed by atoms with Gasteiger partial charge in [0.05, 0.1) is 36.3 Å². The number of hydrogen-bond donors (Lipinski definition) is 0. The van der Waals surface area contributed by atoms with Crippen LogP contribution in [-0.4, -0.2) is 25.6 Å². The molecular weight excluding hydrogens is 446 g/mol. The Labute approximate surface area is 201 Å². The number of ether oxygens (including phenoxy) is 2. The predicted octanol–water partition coefficient (Wildman–Crippen LogP) is 5.04. The molecule has 1 aliphatic rings. The van der Waals surface area contributed by atoms with Crippen LogP contribution < -0.4 is 15.1 Å². The molecule has 7 heteroatoms. The van der Waals surface area contributed by atoms with Gasteiger partial charge in [0.1, 0.15) is 11.3 Å². The fourth-order valence-corrected chi connectivity index (χ4v) is 4.43. The third-order valence-corrected chi connectivity index (χ3v) is 6.11. The van der Waals surface area contributed by atoms with Crippen LogP contribution in [0.4, 0.5) is 5.69 Å². The lowest BCUT2D eigenvalue weighted by Gasteiger charge is -2.25. The predicted molar refractivity (Wildman–Crippen MR) is 131 cm³/mol. The Bertz CT molecular complexity index is 1500. The third kappa shape index (κ3) is 3.75. The first-order valence-electron chi connectivity index (χ1n) is 11.2. The van der Waals surface area contributed by atoms with Crippen molar-refractivity contribution in [3.05, 3.63) is 105 Å². The molecule has 1 aromatic heterocycles. The molecule has 1 atom stereocenters. The fourth-order valence-electron chi connectivity index (χ4n) is 4.43. The number of anilines is 1. The Kier molecular flexibility index (Phi) is 5.61. The number of methoxy groups -OCH3 is 1. The zero-order valence-electron chi connectivity index (χ0n) is 19.5. The van der Waals surface area contributed by atoms with Crippen molar-refractivity contribution >= 4 is 28.5 Å². The number of benzene rings is 3. The van der Waals surface area contributed by atoms with E-state index in [0.717, 1.165) is 11.1 Å². The minimum Gasteiger partial charge on any atom is -0.497 e. The van der Waals surface area contributed by atoms with Gasteiger partial charge in [-0.15, -0.1) is 0 Å². The van der Waals surface area contributed by atoms with Crippen LogP contribution in [-0.2, 0) is 4.74 Å². The molecule has 5 rings (SSSR count). The molecule has 1 unspecified atom stereocenters. The molecule has 7 nitrogen and oxygen atoms in total. The number of aryl methyl sites for hydroxylation is 1.